The van der Waals surface area contributed by atoms with Gasteiger partial charge < -0.3 is 23.9 Å². The van der Waals surface area contributed by atoms with E-state index in [2.05, 4.69) is 0 Å². The Morgan fingerprint density at radius 3 is 2.55 bits per heavy atom. The van der Waals surface area contributed by atoms with Gasteiger partial charge in [-0.2, -0.15) is 0 Å². The summed E-state index contributed by atoms with van der Waals surface area (Å²) in [7, 11) is 1.27. The fraction of sp³-hybridized carbons (Fsp3) is 0.273. The second-order valence-corrected chi connectivity index (χ2v) is 6.81. The number of aryl methyl sites for hydroxylation is 2. The Hall–Kier alpha value is -3.48. The van der Waals surface area contributed by atoms with Gasteiger partial charge in [0, 0.05) is 12.2 Å². The van der Waals surface area contributed by atoms with Crippen LogP contribution < -0.4 is 5.56 Å². The lowest BCUT2D eigenvalue weighted by molar-refractivity contribution is -0.140. The summed E-state index contributed by atoms with van der Waals surface area (Å²) in [6.45, 7) is 2.12. The number of pyridine rings is 1. The number of aromatic nitrogens is 1. The summed E-state index contributed by atoms with van der Waals surface area (Å²) in [5.41, 5.74) is 1.28. The van der Waals surface area contributed by atoms with Crippen molar-refractivity contribution in [2.24, 2.45) is 0 Å². The highest BCUT2D eigenvalue weighted by molar-refractivity contribution is 5.71. The molecule has 0 amide bonds. The first-order chi connectivity index (χ1) is 13.9. The molecule has 29 heavy (non-hydrogen) atoms. The molecule has 0 aliphatic rings. The van der Waals surface area contributed by atoms with Gasteiger partial charge in [0.1, 0.15) is 17.3 Å². The molecule has 0 unspecified atom stereocenters. The van der Waals surface area contributed by atoms with Gasteiger partial charge in [0.15, 0.2) is 0 Å². The Balaban J connectivity index is 1.99. The maximum absolute atomic E-state index is 13.3. The molecule has 2 aromatic heterocycles. The average Bonchev–Trinajstić information content (AvgIpc) is 3.22. The Morgan fingerprint density at radius 1 is 1.21 bits per heavy atom. The molecule has 0 saturated carbocycles. The van der Waals surface area contributed by atoms with E-state index in [9.17, 15) is 19.8 Å². The van der Waals surface area contributed by atoms with Gasteiger partial charge in [-0.05, 0) is 49.2 Å². The lowest BCUT2D eigenvalue weighted by Crippen LogP contribution is -2.29. The molecular formula is C22H23NO6. The maximum atomic E-state index is 13.3. The predicted molar refractivity (Wildman–Crippen MR) is 106 cm³/mol. The number of ether oxygens (including phenoxy) is 1. The van der Waals surface area contributed by atoms with Gasteiger partial charge >= 0.3 is 5.97 Å². The van der Waals surface area contributed by atoms with Crippen LogP contribution in [0.25, 0.3) is 0 Å². The summed E-state index contributed by atoms with van der Waals surface area (Å²) in [4.78, 5) is 25.2. The van der Waals surface area contributed by atoms with Gasteiger partial charge in [0.05, 0.1) is 31.3 Å². The van der Waals surface area contributed by atoms with E-state index in [0.717, 1.165) is 5.56 Å². The first-order valence-corrected chi connectivity index (χ1v) is 9.22. The van der Waals surface area contributed by atoms with Crippen LogP contribution in [0.3, 0.4) is 0 Å². The quantitative estimate of drug-likeness (QED) is 0.594. The van der Waals surface area contributed by atoms with Crippen molar-refractivity contribution in [3.63, 3.8) is 0 Å². The van der Waals surface area contributed by atoms with Crippen molar-refractivity contribution in [3.8, 4) is 11.5 Å². The minimum Gasteiger partial charge on any atom is -0.508 e. The zero-order valence-corrected chi connectivity index (χ0v) is 16.3. The highest BCUT2D eigenvalue weighted by Crippen LogP contribution is 2.32. The lowest BCUT2D eigenvalue weighted by atomic mass is 9.93. The van der Waals surface area contributed by atoms with Gasteiger partial charge in [0.25, 0.3) is 5.56 Å². The lowest BCUT2D eigenvalue weighted by Gasteiger charge is -2.18. The van der Waals surface area contributed by atoms with Crippen LogP contribution in [0.5, 0.6) is 11.5 Å². The van der Waals surface area contributed by atoms with Gasteiger partial charge in [-0.25, -0.2) is 0 Å². The summed E-state index contributed by atoms with van der Waals surface area (Å²) >= 11 is 0. The van der Waals surface area contributed by atoms with Crippen LogP contribution in [0, 0.1) is 6.92 Å². The zero-order valence-electron chi connectivity index (χ0n) is 16.3. The minimum absolute atomic E-state index is 0.0988. The second-order valence-electron chi connectivity index (χ2n) is 6.81. The largest absolute Gasteiger partial charge is 0.508 e. The van der Waals surface area contributed by atoms with Crippen molar-refractivity contribution in [2.75, 3.05) is 7.11 Å². The molecule has 3 rings (SSSR count). The van der Waals surface area contributed by atoms with Crippen LogP contribution in [0.4, 0.5) is 0 Å². The van der Waals surface area contributed by atoms with Crippen LogP contribution >= 0.6 is 0 Å². The first-order valence-electron chi connectivity index (χ1n) is 9.22. The van der Waals surface area contributed by atoms with Crippen LogP contribution in [0.2, 0.25) is 0 Å². The highest BCUT2D eigenvalue weighted by atomic mass is 16.5. The van der Waals surface area contributed by atoms with Crippen LogP contribution in [-0.4, -0.2) is 27.9 Å². The molecule has 1 atom stereocenters. The Labute approximate surface area is 167 Å². The van der Waals surface area contributed by atoms with Crippen molar-refractivity contribution in [3.05, 3.63) is 81.7 Å². The summed E-state index contributed by atoms with van der Waals surface area (Å²) in [6.07, 6.45) is 1.88. The molecule has 0 radical (unpaired) electrons. The molecule has 3 aromatic rings. The number of nitrogens with zero attached hydrogens (tertiary/aromatic N) is 1. The molecule has 152 valence electrons. The van der Waals surface area contributed by atoms with Crippen LogP contribution in [0.15, 0.2) is 57.9 Å². The van der Waals surface area contributed by atoms with Crippen molar-refractivity contribution in [1.82, 2.24) is 4.57 Å². The third-order valence-electron chi connectivity index (χ3n) is 4.92. The normalized spacial score (nSPS) is 11.9. The second kappa shape index (κ2) is 8.68. The van der Waals surface area contributed by atoms with Gasteiger partial charge in [0.2, 0.25) is 0 Å². The van der Waals surface area contributed by atoms with Gasteiger partial charge in [-0.1, -0.05) is 12.1 Å². The van der Waals surface area contributed by atoms with Crippen molar-refractivity contribution in [2.45, 2.75) is 32.2 Å². The van der Waals surface area contributed by atoms with Crippen molar-refractivity contribution < 1.29 is 24.2 Å². The number of methoxy groups -OCH3 is 1. The molecule has 0 spiro atoms. The van der Waals surface area contributed by atoms with E-state index in [1.807, 2.05) is 0 Å². The van der Waals surface area contributed by atoms with E-state index in [1.165, 1.54) is 19.4 Å². The molecule has 0 saturated heterocycles. The number of rotatable bonds is 7. The van der Waals surface area contributed by atoms with E-state index in [4.69, 9.17) is 9.15 Å². The SMILES string of the molecule is COC(=O)C[C@H](c1ccco1)c1c(O)cc(C)n(CCc2ccc(O)cc2)c1=O. The number of phenolic OH excluding ortho intramolecular Hbond substituents is 1. The number of furan rings is 1. The fourth-order valence-electron chi connectivity index (χ4n) is 3.36. The molecule has 0 bridgehead atoms. The molecule has 2 heterocycles. The van der Waals surface area contributed by atoms with E-state index in [1.54, 1.807) is 47.9 Å². The Morgan fingerprint density at radius 2 is 1.93 bits per heavy atom. The van der Waals surface area contributed by atoms with E-state index >= 15 is 0 Å². The molecule has 0 aliphatic carbocycles. The summed E-state index contributed by atoms with van der Waals surface area (Å²) in [5, 5.41) is 19.9. The predicted octanol–water partition coefficient (Wildman–Crippen LogP) is 3.10. The van der Waals surface area contributed by atoms with Crippen molar-refractivity contribution >= 4 is 5.97 Å². The number of aromatic hydroxyl groups is 2. The molecule has 2 N–H and O–H groups in total. The van der Waals surface area contributed by atoms with Crippen LogP contribution in [0.1, 0.15) is 34.9 Å². The third-order valence-corrected chi connectivity index (χ3v) is 4.92. The van der Waals surface area contributed by atoms with Crippen molar-refractivity contribution in [1.29, 1.82) is 0 Å². The minimum atomic E-state index is -0.759. The standard InChI is InChI=1S/C22H23NO6/c1-14-12-18(25)21(17(13-20(26)28-2)19-4-3-11-29-19)22(27)23(14)10-9-15-5-7-16(24)8-6-15/h3-8,11-12,17,24-25H,9-10,13H2,1-2H3/t17-/m1/s1. The van der Waals surface area contributed by atoms with E-state index in [0.29, 0.717) is 24.4 Å². The number of phenols is 1. The van der Waals surface area contributed by atoms with E-state index in [-0.39, 0.29) is 29.0 Å². The number of carbonyl (C=O) groups is 1. The zero-order chi connectivity index (χ0) is 21.0. The molecule has 0 aliphatic heterocycles. The number of hydrogen-bond acceptors (Lipinski definition) is 6. The number of benzene rings is 1. The molecular weight excluding hydrogens is 374 g/mol. The molecule has 1 aromatic carbocycles. The fourth-order valence-corrected chi connectivity index (χ4v) is 3.36. The summed E-state index contributed by atoms with van der Waals surface area (Å²) in [6, 6.07) is 11.6. The Bertz CT molecular complexity index is 1030. The summed E-state index contributed by atoms with van der Waals surface area (Å²) in [5.74, 6) is -0.875. The number of carbonyl (C=O) groups excluding carboxylic acids is 1. The number of esters is 1. The first kappa shape index (κ1) is 20.3. The van der Waals surface area contributed by atoms with Crippen LogP contribution in [-0.2, 0) is 22.5 Å². The summed E-state index contributed by atoms with van der Waals surface area (Å²) < 4.78 is 11.7. The molecule has 0 fully saturated rings. The molecule has 7 heteroatoms. The monoisotopic (exact) mass is 397 g/mol. The van der Waals surface area contributed by atoms with Gasteiger partial charge in [-0.15, -0.1) is 0 Å². The number of hydrogen-bond donors (Lipinski definition) is 2. The smallest absolute Gasteiger partial charge is 0.306 e. The third kappa shape index (κ3) is 4.51. The Kier molecular flexibility index (Phi) is 6.07. The maximum Gasteiger partial charge on any atom is 0.306 e. The topological polar surface area (TPSA) is 102 Å². The molecule has 7 nitrogen and oxygen atoms in total. The average molecular weight is 397 g/mol. The van der Waals surface area contributed by atoms with E-state index < -0.39 is 11.9 Å². The van der Waals surface area contributed by atoms with Gasteiger partial charge in [-0.3, -0.25) is 9.59 Å². The highest BCUT2D eigenvalue weighted by Gasteiger charge is 2.28.